The summed E-state index contributed by atoms with van der Waals surface area (Å²) in [6, 6.07) is 4.12. The Morgan fingerprint density at radius 2 is 2.00 bits per heavy atom. The zero-order valence-corrected chi connectivity index (χ0v) is 13.8. The molecule has 0 radical (unpaired) electrons. The van der Waals surface area contributed by atoms with Gasteiger partial charge in [0.05, 0.1) is 5.02 Å². The molecule has 0 aliphatic heterocycles. The van der Waals surface area contributed by atoms with Gasteiger partial charge in [0.2, 0.25) is 10.0 Å². The molecule has 116 valence electrons. The highest BCUT2D eigenvalue weighted by molar-refractivity contribution is 7.89. The van der Waals surface area contributed by atoms with Crippen molar-refractivity contribution in [1.29, 1.82) is 0 Å². The Bertz CT molecular complexity index is 649. The second-order valence-corrected chi connectivity index (χ2v) is 7.56. The van der Waals surface area contributed by atoms with Crippen LogP contribution in [0.15, 0.2) is 35.7 Å². The Kier molecular flexibility index (Phi) is 5.55. The molecule has 0 aliphatic rings. The van der Waals surface area contributed by atoms with Gasteiger partial charge in [0, 0.05) is 17.6 Å². The first kappa shape index (κ1) is 17.7. The van der Waals surface area contributed by atoms with Crippen molar-refractivity contribution in [2.24, 2.45) is 0 Å². The van der Waals surface area contributed by atoms with Crippen LogP contribution in [0, 0.1) is 0 Å². The highest BCUT2D eigenvalue weighted by atomic mass is 35.5. The zero-order valence-electron chi connectivity index (χ0n) is 12.2. The van der Waals surface area contributed by atoms with Gasteiger partial charge in [0.15, 0.2) is 0 Å². The van der Waals surface area contributed by atoms with E-state index in [4.69, 9.17) is 11.6 Å². The first-order valence-electron chi connectivity index (χ1n) is 6.29. The largest absolute Gasteiger partial charge is 0.349 e. The first-order chi connectivity index (χ1) is 9.57. The lowest BCUT2D eigenvalue weighted by Crippen LogP contribution is -2.40. The molecule has 0 heterocycles. The Balaban J connectivity index is 3.19. The van der Waals surface area contributed by atoms with Gasteiger partial charge in [-0.05, 0) is 39.0 Å². The van der Waals surface area contributed by atoms with E-state index in [1.807, 2.05) is 0 Å². The molecule has 5 nitrogen and oxygen atoms in total. The van der Waals surface area contributed by atoms with E-state index in [2.05, 4.69) is 16.6 Å². The highest BCUT2D eigenvalue weighted by Crippen LogP contribution is 2.24. The fraction of sp³-hybridized carbons (Fsp3) is 0.357. The Hall–Kier alpha value is -1.37. The lowest BCUT2D eigenvalue weighted by Gasteiger charge is -2.21. The number of nitrogens with one attached hydrogen (secondary N) is 2. The molecule has 1 aromatic carbocycles. The van der Waals surface area contributed by atoms with Crippen LogP contribution in [-0.4, -0.2) is 26.4 Å². The Morgan fingerprint density at radius 1 is 1.38 bits per heavy atom. The molecule has 0 saturated heterocycles. The zero-order chi connectivity index (χ0) is 16.3. The molecule has 0 spiro atoms. The van der Waals surface area contributed by atoms with Gasteiger partial charge in [0.1, 0.15) is 4.90 Å². The molecule has 0 fully saturated rings. The average Bonchev–Trinajstić information content (AvgIpc) is 2.33. The molecule has 0 atom stereocenters. The normalized spacial score (nSPS) is 12.0. The van der Waals surface area contributed by atoms with Crippen molar-refractivity contribution >= 4 is 27.5 Å². The van der Waals surface area contributed by atoms with Crippen LogP contribution in [-0.2, 0) is 10.0 Å². The third-order valence-electron chi connectivity index (χ3n) is 2.33. The van der Waals surface area contributed by atoms with E-state index in [1.54, 1.807) is 20.8 Å². The van der Waals surface area contributed by atoms with Crippen molar-refractivity contribution in [3.05, 3.63) is 41.4 Å². The first-order valence-corrected chi connectivity index (χ1v) is 8.15. The molecular weight excluding hydrogens is 312 g/mol. The lowest BCUT2D eigenvalue weighted by atomic mass is 10.1. The fourth-order valence-electron chi connectivity index (χ4n) is 1.58. The van der Waals surface area contributed by atoms with Crippen molar-refractivity contribution in [3.8, 4) is 0 Å². The van der Waals surface area contributed by atoms with Crippen LogP contribution in [0.4, 0.5) is 0 Å². The Morgan fingerprint density at radius 3 is 2.52 bits per heavy atom. The minimum Gasteiger partial charge on any atom is -0.349 e. The van der Waals surface area contributed by atoms with E-state index < -0.39 is 21.5 Å². The van der Waals surface area contributed by atoms with Crippen LogP contribution in [0.3, 0.4) is 0 Å². The van der Waals surface area contributed by atoms with E-state index in [1.165, 1.54) is 24.3 Å². The fourth-order valence-corrected chi connectivity index (χ4v) is 3.52. The maximum Gasteiger partial charge on any atom is 0.251 e. The van der Waals surface area contributed by atoms with Gasteiger partial charge in [-0.15, -0.1) is 6.58 Å². The summed E-state index contributed by atoms with van der Waals surface area (Å²) >= 11 is 5.95. The summed E-state index contributed by atoms with van der Waals surface area (Å²) in [6.07, 6.45) is 1.53. The number of amides is 1. The summed E-state index contributed by atoms with van der Waals surface area (Å²) in [5, 5.41) is 2.64. The van der Waals surface area contributed by atoms with E-state index in [0.29, 0.717) is 6.54 Å². The number of carbonyl (C=O) groups excluding carboxylic acids is 1. The van der Waals surface area contributed by atoms with Gasteiger partial charge in [-0.2, -0.15) is 0 Å². The number of hydrogen-bond acceptors (Lipinski definition) is 3. The molecule has 1 aromatic rings. The summed E-state index contributed by atoms with van der Waals surface area (Å²) in [5.74, 6) is -0.390. The predicted octanol–water partition coefficient (Wildman–Crippen LogP) is 2.33. The molecule has 0 unspecified atom stereocenters. The summed E-state index contributed by atoms with van der Waals surface area (Å²) in [4.78, 5) is 11.7. The molecule has 2 N–H and O–H groups in total. The second-order valence-electron chi connectivity index (χ2n) is 5.50. The molecule has 0 saturated carbocycles. The standard InChI is InChI=1S/C14H19ClN2O3S/c1-5-8-16-13(18)10-6-7-11(15)12(9-10)21(19,20)17-14(2,3)4/h5-7,9,17H,1,8H2,2-4H3,(H,16,18). The molecule has 1 amide bonds. The summed E-state index contributed by atoms with van der Waals surface area (Å²) < 4.78 is 27.1. The molecule has 21 heavy (non-hydrogen) atoms. The third-order valence-corrected chi connectivity index (χ3v) is 4.57. The predicted molar refractivity (Wildman–Crippen MR) is 84.1 cm³/mol. The van der Waals surface area contributed by atoms with Crippen molar-refractivity contribution in [2.45, 2.75) is 31.2 Å². The van der Waals surface area contributed by atoms with E-state index in [0.717, 1.165) is 0 Å². The topological polar surface area (TPSA) is 75.3 Å². The van der Waals surface area contributed by atoms with Crippen LogP contribution in [0.5, 0.6) is 0 Å². The maximum absolute atomic E-state index is 12.3. The van der Waals surface area contributed by atoms with Gasteiger partial charge in [-0.25, -0.2) is 13.1 Å². The van der Waals surface area contributed by atoms with Crippen LogP contribution >= 0.6 is 11.6 Å². The highest BCUT2D eigenvalue weighted by Gasteiger charge is 2.25. The van der Waals surface area contributed by atoms with Gasteiger partial charge in [-0.3, -0.25) is 4.79 Å². The van der Waals surface area contributed by atoms with Crippen molar-refractivity contribution in [1.82, 2.24) is 10.0 Å². The summed E-state index contributed by atoms with van der Waals surface area (Å²) in [5.41, 5.74) is -0.431. The third kappa shape index (κ3) is 5.15. The number of sulfonamides is 1. The number of hydrogen-bond donors (Lipinski definition) is 2. The molecular formula is C14H19ClN2O3S. The number of rotatable bonds is 5. The van der Waals surface area contributed by atoms with Crippen LogP contribution in [0.25, 0.3) is 0 Å². The number of benzene rings is 1. The SMILES string of the molecule is C=CCNC(=O)c1ccc(Cl)c(S(=O)(=O)NC(C)(C)C)c1. The minimum atomic E-state index is -3.81. The second kappa shape index (κ2) is 6.60. The average molecular weight is 331 g/mol. The molecule has 1 rings (SSSR count). The van der Waals surface area contributed by atoms with Crippen molar-refractivity contribution in [2.75, 3.05) is 6.54 Å². The quantitative estimate of drug-likeness (QED) is 0.814. The number of carbonyl (C=O) groups is 1. The molecule has 7 heteroatoms. The summed E-state index contributed by atoms with van der Waals surface area (Å²) in [7, 11) is -3.81. The van der Waals surface area contributed by atoms with E-state index in [-0.39, 0.29) is 15.5 Å². The smallest absolute Gasteiger partial charge is 0.251 e. The van der Waals surface area contributed by atoms with Crippen LogP contribution in [0.1, 0.15) is 31.1 Å². The molecule has 0 bridgehead atoms. The number of halogens is 1. The van der Waals surface area contributed by atoms with E-state index >= 15 is 0 Å². The maximum atomic E-state index is 12.3. The Labute approximate surface area is 130 Å². The van der Waals surface area contributed by atoms with Gasteiger partial charge < -0.3 is 5.32 Å². The monoisotopic (exact) mass is 330 g/mol. The molecule has 0 aliphatic carbocycles. The van der Waals surface area contributed by atoms with Crippen molar-refractivity contribution in [3.63, 3.8) is 0 Å². The van der Waals surface area contributed by atoms with E-state index in [9.17, 15) is 13.2 Å². The van der Waals surface area contributed by atoms with Gasteiger partial charge >= 0.3 is 0 Å². The minimum absolute atomic E-state index is 0.0621. The van der Waals surface area contributed by atoms with Crippen molar-refractivity contribution < 1.29 is 13.2 Å². The van der Waals surface area contributed by atoms with Crippen LogP contribution < -0.4 is 10.0 Å². The van der Waals surface area contributed by atoms with Crippen LogP contribution in [0.2, 0.25) is 5.02 Å². The molecule has 0 aromatic heterocycles. The lowest BCUT2D eigenvalue weighted by molar-refractivity contribution is 0.0958. The van der Waals surface area contributed by atoms with Gasteiger partial charge in [0.25, 0.3) is 5.91 Å². The van der Waals surface area contributed by atoms with Gasteiger partial charge in [-0.1, -0.05) is 17.7 Å². The summed E-state index contributed by atoms with van der Waals surface area (Å²) in [6.45, 7) is 8.96.